The largest absolute Gasteiger partial charge is 0.390 e. The van der Waals surface area contributed by atoms with Crippen molar-refractivity contribution in [1.82, 2.24) is 10.6 Å². The van der Waals surface area contributed by atoms with Gasteiger partial charge in [-0.1, -0.05) is 39.5 Å². The lowest BCUT2D eigenvalue weighted by molar-refractivity contribution is -0.165. The van der Waals surface area contributed by atoms with E-state index in [1.165, 1.54) is 6.92 Å². The topological polar surface area (TPSA) is 157 Å². The molecule has 5 atom stereocenters. The Morgan fingerprint density at radius 1 is 1.23 bits per heavy atom. The first kappa shape index (κ1) is 26.7. The highest BCUT2D eigenvalue weighted by Crippen LogP contribution is 2.49. The molecule has 0 radical (unpaired) electrons. The zero-order chi connectivity index (χ0) is 22.7. The van der Waals surface area contributed by atoms with Gasteiger partial charge in [0.25, 0.3) is 0 Å². The maximum absolute atomic E-state index is 12.8. The Balaban J connectivity index is 2.72. The third kappa shape index (κ3) is 8.81. The molecule has 1 aliphatic rings. The van der Waals surface area contributed by atoms with Crippen LogP contribution in [0.2, 0.25) is 0 Å². The molecule has 0 spiro atoms. The second-order valence-corrected chi connectivity index (χ2v) is 9.58. The van der Waals surface area contributed by atoms with Crippen molar-refractivity contribution in [1.29, 1.82) is 0 Å². The minimum Gasteiger partial charge on any atom is -0.390 e. The van der Waals surface area contributed by atoms with Gasteiger partial charge in [-0.15, -0.1) is 0 Å². The van der Waals surface area contributed by atoms with Crippen molar-refractivity contribution in [3.05, 3.63) is 0 Å². The fourth-order valence-electron chi connectivity index (χ4n) is 3.02. The third-order valence-corrected chi connectivity index (χ3v) is 6.72. The fourth-order valence-corrected chi connectivity index (χ4v) is 4.51. The average molecular weight is 449 g/mol. The number of nitrogens with one attached hydrogen (secondary N) is 2. The van der Waals surface area contributed by atoms with Gasteiger partial charge in [0.2, 0.25) is 5.91 Å². The zero-order valence-electron chi connectivity index (χ0n) is 18.1. The van der Waals surface area contributed by atoms with Crippen LogP contribution in [0.25, 0.3) is 0 Å². The molecule has 1 aliphatic heterocycles. The molecule has 1 amide bonds. The van der Waals surface area contributed by atoms with Crippen LogP contribution in [0.5, 0.6) is 0 Å². The summed E-state index contributed by atoms with van der Waals surface area (Å²) < 4.78 is 22.7. The van der Waals surface area contributed by atoms with Crippen LogP contribution >= 0.6 is 7.60 Å². The van der Waals surface area contributed by atoms with Crippen LogP contribution < -0.4 is 16.4 Å². The van der Waals surface area contributed by atoms with E-state index in [0.29, 0.717) is 25.8 Å². The highest BCUT2D eigenvalue weighted by Gasteiger charge is 2.38. The molecular formula is C19H36N3O7P. The van der Waals surface area contributed by atoms with Crippen LogP contribution in [0.3, 0.4) is 0 Å². The summed E-state index contributed by atoms with van der Waals surface area (Å²) in [6.07, 6.45) is 3.46. The highest BCUT2D eigenvalue weighted by molar-refractivity contribution is 7.53. The Labute approximate surface area is 178 Å². The lowest BCUT2D eigenvalue weighted by atomic mass is 10.1. The van der Waals surface area contributed by atoms with E-state index in [1.807, 2.05) is 13.8 Å². The van der Waals surface area contributed by atoms with Crippen molar-refractivity contribution in [2.75, 3.05) is 6.54 Å². The monoisotopic (exact) mass is 449 g/mol. The molecule has 1 rings (SSSR count). The molecule has 0 aromatic carbocycles. The summed E-state index contributed by atoms with van der Waals surface area (Å²) in [5, 5.41) is 5.41. The first-order chi connectivity index (χ1) is 14.1. The summed E-state index contributed by atoms with van der Waals surface area (Å²) in [6.45, 7) is 5.76. The minimum absolute atomic E-state index is 0.184. The van der Waals surface area contributed by atoms with Gasteiger partial charge in [0, 0.05) is 0 Å². The molecule has 174 valence electrons. The van der Waals surface area contributed by atoms with Gasteiger partial charge in [-0.05, 0) is 39.2 Å². The molecule has 1 heterocycles. The van der Waals surface area contributed by atoms with E-state index in [-0.39, 0.29) is 6.42 Å². The van der Waals surface area contributed by atoms with E-state index in [1.54, 1.807) is 0 Å². The molecule has 0 bridgehead atoms. The summed E-state index contributed by atoms with van der Waals surface area (Å²) in [7, 11) is -4.45. The van der Waals surface area contributed by atoms with Crippen LogP contribution in [-0.2, 0) is 28.2 Å². The van der Waals surface area contributed by atoms with Crippen molar-refractivity contribution < 1.29 is 33.1 Å². The molecule has 4 unspecified atom stereocenters. The SMILES string of the molecule is CCCCC(N)C(=O)NC(CCCC)P(=O)(O)OC(C)C(=O)OC(=O)[C@@H]1CCCN1. The first-order valence-corrected chi connectivity index (χ1v) is 12.3. The highest BCUT2D eigenvalue weighted by atomic mass is 31.2. The van der Waals surface area contributed by atoms with Crippen LogP contribution in [0.15, 0.2) is 0 Å². The van der Waals surface area contributed by atoms with Gasteiger partial charge < -0.3 is 26.0 Å². The van der Waals surface area contributed by atoms with Crippen molar-refractivity contribution in [2.45, 2.75) is 96.1 Å². The number of nitrogens with two attached hydrogens (primary N) is 1. The zero-order valence-corrected chi connectivity index (χ0v) is 19.0. The van der Waals surface area contributed by atoms with Crippen LogP contribution in [0.4, 0.5) is 0 Å². The smallest absolute Gasteiger partial charge is 0.351 e. The van der Waals surface area contributed by atoms with Gasteiger partial charge in [-0.3, -0.25) is 13.9 Å². The Kier molecular flexibility index (Phi) is 11.7. The number of esters is 2. The number of unbranched alkanes of at least 4 members (excludes halogenated alkanes) is 2. The predicted octanol–water partition coefficient (Wildman–Crippen LogP) is 1.55. The standard InChI is InChI=1S/C19H36N3O7P/c1-4-6-9-14(20)17(23)22-16(11-7-5-2)30(26,27)29-13(3)18(24)28-19(25)15-10-8-12-21-15/h13-16,21H,4-12,20H2,1-3H3,(H,22,23)(H,26,27)/t13?,14?,15-,16?/m0/s1. The van der Waals surface area contributed by atoms with Crippen molar-refractivity contribution in [3.8, 4) is 0 Å². The van der Waals surface area contributed by atoms with Gasteiger partial charge in [-0.25, -0.2) is 9.59 Å². The molecule has 0 saturated carbocycles. The summed E-state index contributed by atoms with van der Waals surface area (Å²) in [5.74, 6) is -3.54. The van der Waals surface area contributed by atoms with E-state index in [0.717, 1.165) is 25.7 Å². The second kappa shape index (κ2) is 13.2. The van der Waals surface area contributed by atoms with Crippen LogP contribution in [0, 0.1) is 0 Å². The lowest BCUT2D eigenvalue weighted by Gasteiger charge is -2.26. The van der Waals surface area contributed by atoms with Crippen molar-refractivity contribution in [2.24, 2.45) is 5.73 Å². The maximum atomic E-state index is 12.8. The predicted molar refractivity (Wildman–Crippen MR) is 111 cm³/mol. The normalized spacial score (nSPS) is 21.3. The summed E-state index contributed by atoms with van der Waals surface area (Å²) in [4.78, 5) is 46.8. The third-order valence-electron chi connectivity index (χ3n) is 4.93. The maximum Gasteiger partial charge on any atom is 0.351 e. The molecule has 10 nitrogen and oxygen atoms in total. The van der Waals surface area contributed by atoms with Gasteiger partial charge in [0.15, 0.2) is 6.10 Å². The molecule has 1 saturated heterocycles. The molecule has 0 aromatic rings. The average Bonchev–Trinajstić information content (AvgIpc) is 3.23. The van der Waals surface area contributed by atoms with E-state index in [4.69, 9.17) is 15.0 Å². The van der Waals surface area contributed by atoms with Gasteiger partial charge in [0.1, 0.15) is 11.8 Å². The quantitative estimate of drug-likeness (QED) is 0.186. The number of ether oxygens (including phenoxy) is 1. The Hall–Kier alpha value is -1.32. The molecular weight excluding hydrogens is 413 g/mol. The Bertz CT molecular complexity index is 625. The number of amides is 1. The molecule has 0 aromatic heterocycles. The van der Waals surface area contributed by atoms with Gasteiger partial charge in [-0.2, -0.15) is 0 Å². The number of carbonyl (C=O) groups excluding carboxylic acids is 3. The van der Waals surface area contributed by atoms with Gasteiger partial charge in [0.05, 0.1) is 6.04 Å². The molecule has 30 heavy (non-hydrogen) atoms. The molecule has 0 aliphatic carbocycles. The minimum atomic E-state index is -4.45. The molecule has 5 N–H and O–H groups in total. The van der Waals surface area contributed by atoms with Crippen molar-refractivity contribution >= 4 is 25.4 Å². The molecule has 1 fully saturated rings. The number of rotatable bonds is 13. The van der Waals surface area contributed by atoms with E-state index < -0.39 is 49.4 Å². The van der Waals surface area contributed by atoms with Crippen molar-refractivity contribution in [3.63, 3.8) is 0 Å². The second-order valence-electron chi connectivity index (χ2n) is 7.62. The van der Waals surface area contributed by atoms with E-state index >= 15 is 0 Å². The lowest BCUT2D eigenvalue weighted by Crippen LogP contribution is -2.46. The van der Waals surface area contributed by atoms with E-state index in [2.05, 4.69) is 10.6 Å². The summed E-state index contributed by atoms with van der Waals surface area (Å²) >= 11 is 0. The molecule has 11 heteroatoms. The Morgan fingerprint density at radius 3 is 2.43 bits per heavy atom. The Morgan fingerprint density at radius 2 is 1.87 bits per heavy atom. The van der Waals surface area contributed by atoms with Crippen LogP contribution in [-0.4, -0.2) is 53.3 Å². The summed E-state index contributed by atoms with van der Waals surface area (Å²) in [6, 6.07) is -1.36. The van der Waals surface area contributed by atoms with Gasteiger partial charge >= 0.3 is 19.5 Å². The first-order valence-electron chi connectivity index (χ1n) is 10.7. The summed E-state index contributed by atoms with van der Waals surface area (Å²) in [5.41, 5.74) is 5.85. The van der Waals surface area contributed by atoms with Crippen LogP contribution in [0.1, 0.15) is 72.1 Å². The van der Waals surface area contributed by atoms with E-state index in [9.17, 15) is 23.8 Å². The number of carbonyl (C=O) groups is 3. The number of hydrogen-bond donors (Lipinski definition) is 4. The fraction of sp³-hybridized carbons (Fsp3) is 0.842. The number of hydrogen-bond acceptors (Lipinski definition) is 8.